The van der Waals surface area contributed by atoms with Crippen LogP contribution >= 0.6 is 0 Å². The van der Waals surface area contributed by atoms with E-state index in [1.807, 2.05) is 37.3 Å². The molecular weight excluding hydrogens is 320 g/mol. The molecular formula is C22H24N4. The molecule has 4 heteroatoms. The van der Waals surface area contributed by atoms with E-state index in [9.17, 15) is 0 Å². The van der Waals surface area contributed by atoms with Gasteiger partial charge in [-0.3, -0.25) is 0 Å². The van der Waals surface area contributed by atoms with Gasteiger partial charge in [-0.25, -0.2) is 4.98 Å². The van der Waals surface area contributed by atoms with Gasteiger partial charge < -0.3 is 10.2 Å². The van der Waals surface area contributed by atoms with E-state index < -0.39 is 0 Å². The van der Waals surface area contributed by atoms with Gasteiger partial charge in [-0.1, -0.05) is 42.5 Å². The number of para-hydroxylation sites is 1. The van der Waals surface area contributed by atoms with E-state index in [0.717, 1.165) is 30.2 Å². The summed E-state index contributed by atoms with van der Waals surface area (Å²) in [5.41, 5.74) is 4.76. The van der Waals surface area contributed by atoms with E-state index in [2.05, 4.69) is 59.4 Å². The molecule has 0 saturated carbocycles. The minimum Gasteiger partial charge on any atom is -0.347 e. The van der Waals surface area contributed by atoms with Crippen molar-refractivity contribution < 1.29 is 0 Å². The van der Waals surface area contributed by atoms with Crippen molar-refractivity contribution in [1.82, 2.24) is 9.97 Å². The summed E-state index contributed by atoms with van der Waals surface area (Å²) in [4.78, 5) is 11.8. The molecule has 0 unspecified atom stereocenters. The van der Waals surface area contributed by atoms with Crippen molar-refractivity contribution >= 4 is 17.5 Å². The van der Waals surface area contributed by atoms with Crippen LogP contribution < -0.4 is 10.2 Å². The van der Waals surface area contributed by atoms with Gasteiger partial charge in [0.05, 0.1) is 0 Å². The number of aromatic nitrogens is 2. The van der Waals surface area contributed by atoms with Gasteiger partial charge in [0.15, 0.2) is 0 Å². The van der Waals surface area contributed by atoms with Gasteiger partial charge in [-0.05, 0) is 50.5 Å². The fourth-order valence-electron chi connectivity index (χ4n) is 3.62. The van der Waals surface area contributed by atoms with Crippen molar-refractivity contribution in [3.63, 3.8) is 0 Å². The third-order valence-corrected chi connectivity index (χ3v) is 4.95. The van der Waals surface area contributed by atoms with Crippen molar-refractivity contribution in [1.29, 1.82) is 0 Å². The molecule has 132 valence electrons. The molecule has 1 aliphatic heterocycles. The summed E-state index contributed by atoms with van der Waals surface area (Å²) in [6.07, 6.45) is 1.01. The Kier molecular flexibility index (Phi) is 4.11. The first kappa shape index (κ1) is 16.6. The maximum Gasteiger partial charge on any atom is 0.229 e. The zero-order valence-corrected chi connectivity index (χ0v) is 15.5. The maximum absolute atomic E-state index is 4.82. The van der Waals surface area contributed by atoms with Crippen LogP contribution in [0.5, 0.6) is 0 Å². The quantitative estimate of drug-likeness (QED) is 0.736. The molecule has 0 fully saturated rings. The molecule has 26 heavy (non-hydrogen) atoms. The second-order valence-corrected chi connectivity index (χ2v) is 7.53. The van der Waals surface area contributed by atoms with Gasteiger partial charge in [0, 0.05) is 29.5 Å². The Morgan fingerprint density at radius 2 is 1.62 bits per heavy atom. The van der Waals surface area contributed by atoms with Gasteiger partial charge in [0.25, 0.3) is 0 Å². The number of rotatable bonds is 3. The number of hydrogen-bond donors (Lipinski definition) is 1. The smallest absolute Gasteiger partial charge is 0.229 e. The zero-order chi connectivity index (χ0) is 18.1. The van der Waals surface area contributed by atoms with Crippen LogP contribution in [0.25, 0.3) is 0 Å². The minimum atomic E-state index is -0.000830. The van der Waals surface area contributed by atoms with Crippen molar-refractivity contribution in [2.75, 3.05) is 10.2 Å². The SMILES string of the molecule is Cc1cc(N2Cc3ccccc3CC2(C)C)nc(Nc2ccccc2)n1. The van der Waals surface area contributed by atoms with Crippen molar-refractivity contribution in [2.45, 2.75) is 39.3 Å². The number of nitrogens with one attached hydrogen (secondary N) is 1. The first-order valence-electron chi connectivity index (χ1n) is 9.03. The number of hydrogen-bond acceptors (Lipinski definition) is 4. The topological polar surface area (TPSA) is 41.1 Å². The fraction of sp³-hybridized carbons (Fsp3) is 0.273. The minimum absolute atomic E-state index is 0.000830. The van der Waals surface area contributed by atoms with Gasteiger partial charge in [-0.2, -0.15) is 4.98 Å². The molecule has 0 atom stereocenters. The third kappa shape index (κ3) is 3.27. The average molecular weight is 344 g/mol. The lowest BCUT2D eigenvalue weighted by molar-refractivity contribution is 0.427. The molecule has 0 radical (unpaired) electrons. The zero-order valence-electron chi connectivity index (χ0n) is 15.5. The number of anilines is 3. The van der Waals surface area contributed by atoms with E-state index in [1.54, 1.807) is 0 Å². The largest absolute Gasteiger partial charge is 0.347 e. The lowest BCUT2D eigenvalue weighted by atomic mass is 9.85. The summed E-state index contributed by atoms with van der Waals surface area (Å²) in [5.74, 6) is 1.61. The molecule has 4 nitrogen and oxygen atoms in total. The highest BCUT2D eigenvalue weighted by Gasteiger charge is 2.33. The predicted molar refractivity (Wildman–Crippen MR) is 107 cm³/mol. The molecule has 1 N–H and O–H groups in total. The Balaban J connectivity index is 1.69. The maximum atomic E-state index is 4.82. The molecule has 0 amide bonds. The van der Waals surface area contributed by atoms with Crippen LogP contribution in [0.4, 0.5) is 17.5 Å². The van der Waals surface area contributed by atoms with E-state index in [0.29, 0.717) is 5.95 Å². The Hall–Kier alpha value is -2.88. The van der Waals surface area contributed by atoms with Gasteiger partial charge in [0.2, 0.25) is 5.95 Å². The Morgan fingerprint density at radius 3 is 2.38 bits per heavy atom. The third-order valence-electron chi connectivity index (χ3n) is 4.95. The Bertz CT molecular complexity index is 918. The van der Waals surface area contributed by atoms with Crippen molar-refractivity contribution in [3.8, 4) is 0 Å². The first-order chi connectivity index (χ1) is 12.5. The van der Waals surface area contributed by atoms with Crippen molar-refractivity contribution in [3.05, 3.63) is 77.5 Å². The number of benzene rings is 2. The van der Waals surface area contributed by atoms with Gasteiger partial charge in [0.1, 0.15) is 5.82 Å². The molecule has 0 spiro atoms. The second-order valence-electron chi connectivity index (χ2n) is 7.53. The summed E-state index contributed by atoms with van der Waals surface area (Å²) in [5, 5.41) is 3.32. The lowest BCUT2D eigenvalue weighted by Crippen LogP contribution is -2.49. The monoisotopic (exact) mass is 344 g/mol. The van der Waals surface area contributed by atoms with Crippen LogP contribution in [0.15, 0.2) is 60.7 Å². The molecule has 4 rings (SSSR count). The Labute approximate surface area is 154 Å². The number of aryl methyl sites for hydroxylation is 1. The van der Waals surface area contributed by atoms with E-state index in [-0.39, 0.29) is 5.54 Å². The van der Waals surface area contributed by atoms with Gasteiger partial charge >= 0.3 is 0 Å². The average Bonchev–Trinajstić information content (AvgIpc) is 2.60. The van der Waals surface area contributed by atoms with Crippen LogP contribution in [-0.2, 0) is 13.0 Å². The van der Waals surface area contributed by atoms with E-state index in [4.69, 9.17) is 4.98 Å². The number of nitrogens with zero attached hydrogens (tertiary/aromatic N) is 3. The fourth-order valence-corrected chi connectivity index (χ4v) is 3.62. The molecule has 0 aliphatic carbocycles. The van der Waals surface area contributed by atoms with Crippen LogP contribution in [0.3, 0.4) is 0 Å². The normalized spacial score (nSPS) is 15.4. The van der Waals surface area contributed by atoms with Crippen molar-refractivity contribution in [2.24, 2.45) is 0 Å². The molecule has 3 aromatic rings. The number of fused-ring (bicyclic) bond motifs is 1. The predicted octanol–water partition coefficient (Wildman–Crippen LogP) is 4.87. The molecule has 0 bridgehead atoms. The molecule has 1 aliphatic rings. The van der Waals surface area contributed by atoms with Crippen LogP contribution in [0.2, 0.25) is 0 Å². The van der Waals surface area contributed by atoms with Crippen LogP contribution in [0, 0.1) is 6.92 Å². The van der Waals surface area contributed by atoms with Crippen LogP contribution in [0.1, 0.15) is 30.7 Å². The van der Waals surface area contributed by atoms with E-state index >= 15 is 0 Å². The molecule has 2 heterocycles. The summed E-state index contributed by atoms with van der Waals surface area (Å²) >= 11 is 0. The van der Waals surface area contributed by atoms with E-state index in [1.165, 1.54) is 11.1 Å². The first-order valence-corrected chi connectivity index (χ1v) is 9.03. The Morgan fingerprint density at radius 1 is 0.923 bits per heavy atom. The second kappa shape index (κ2) is 6.45. The summed E-state index contributed by atoms with van der Waals surface area (Å²) in [6, 6.07) is 20.8. The summed E-state index contributed by atoms with van der Waals surface area (Å²) in [7, 11) is 0. The summed E-state index contributed by atoms with van der Waals surface area (Å²) < 4.78 is 0. The molecule has 2 aromatic carbocycles. The highest BCUT2D eigenvalue weighted by atomic mass is 15.3. The highest BCUT2D eigenvalue weighted by molar-refractivity contribution is 5.57. The van der Waals surface area contributed by atoms with Gasteiger partial charge in [-0.15, -0.1) is 0 Å². The molecule has 1 aromatic heterocycles. The highest BCUT2D eigenvalue weighted by Crippen LogP contribution is 2.34. The lowest BCUT2D eigenvalue weighted by Gasteiger charge is -2.44. The summed E-state index contributed by atoms with van der Waals surface area (Å²) in [6.45, 7) is 7.45. The van der Waals surface area contributed by atoms with Crippen LogP contribution in [-0.4, -0.2) is 15.5 Å². The standard InChI is InChI=1S/C22H24N4/c1-16-13-20(25-21(23-16)24-19-11-5-4-6-12-19)26-15-18-10-8-7-9-17(18)14-22(26,2)3/h4-13H,14-15H2,1-3H3,(H,23,24,25). The molecule has 0 saturated heterocycles.